The summed E-state index contributed by atoms with van der Waals surface area (Å²) in [7, 11) is 0. The molecule has 0 saturated carbocycles. The van der Waals surface area contributed by atoms with Gasteiger partial charge in [0.15, 0.2) is 0 Å². The average Bonchev–Trinajstić information content (AvgIpc) is 2.60. The van der Waals surface area contributed by atoms with Crippen molar-refractivity contribution in [2.75, 3.05) is 5.32 Å². The fraction of sp³-hybridized carbons (Fsp3) is 0.167. The summed E-state index contributed by atoms with van der Waals surface area (Å²) in [5.74, 6) is -2.15. The highest BCUT2D eigenvalue weighted by Gasteiger charge is 2.31. The van der Waals surface area contributed by atoms with Crippen LogP contribution in [0.1, 0.15) is 29.0 Å². The van der Waals surface area contributed by atoms with Crippen molar-refractivity contribution in [3.8, 4) is 6.07 Å². The van der Waals surface area contributed by atoms with Gasteiger partial charge in [-0.2, -0.15) is 5.26 Å². The largest absolute Gasteiger partial charge is 0.460 e. The van der Waals surface area contributed by atoms with Gasteiger partial charge in [0.05, 0.1) is 17.6 Å². The normalized spacial score (nSPS) is 15.8. The molecule has 2 aromatic rings. The van der Waals surface area contributed by atoms with Crippen molar-refractivity contribution < 1.29 is 18.7 Å². The Balaban J connectivity index is 1.77. The van der Waals surface area contributed by atoms with E-state index in [4.69, 9.17) is 10.00 Å². The van der Waals surface area contributed by atoms with Crippen LogP contribution in [-0.2, 0) is 20.9 Å². The standard InChI is InChI=1S/C18H13FN2O3/c19-15-6-5-11(9-20)7-12(15)10-24-18(23)14-8-17(22)21-16-4-2-1-3-13(14)16/h1-7,14H,8,10H2,(H,21,22). The van der Waals surface area contributed by atoms with Gasteiger partial charge in [-0.15, -0.1) is 0 Å². The number of para-hydroxylation sites is 1. The summed E-state index contributed by atoms with van der Waals surface area (Å²) >= 11 is 0. The van der Waals surface area contributed by atoms with Gasteiger partial charge in [0, 0.05) is 17.7 Å². The summed E-state index contributed by atoms with van der Waals surface area (Å²) in [5.41, 5.74) is 1.66. The van der Waals surface area contributed by atoms with Crippen molar-refractivity contribution in [2.45, 2.75) is 18.9 Å². The van der Waals surface area contributed by atoms with Crippen LogP contribution in [0.25, 0.3) is 0 Å². The van der Waals surface area contributed by atoms with E-state index in [-0.39, 0.29) is 30.1 Å². The average molecular weight is 324 g/mol. The van der Waals surface area contributed by atoms with Crippen molar-refractivity contribution >= 4 is 17.6 Å². The summed E-state index contributed by atoms with van der Waals surface area (Å²) in [6.07, 6.45) is -0.0173. The molecule has 0 saturated heterocycles. The molecule has 1 unspecified atom stereocenters. The SMILES string of the molecule is N#Cc1ccc(F)c(COC(=O)C2CC(=O)Nc3ccccc32)c1. The van der Waals surface area contributed by atoms with Crippen molar-refractivity contribution in [1.82, 2.24) is 0 Å². The molecular formula is C18H13FN2O3. The molecule has 120 valence electrons. The van der Waals surface area contributed by atoms with E-state index in [0.29, 0.717) is 11.3 Å². The number of nitriles is 1. The zero-order valence-corrected chi connectivity index (χ0v) is 12.6. The van der Waals surface area contributed by atoms with Crippen LogP contribution >= 0.6 is 0 Å². The van der Waals surface area contributed by atoms with Crippen LogP contribution in [0.4, 0.5) is 10.1 Å². The molecule has 3 rings (SSSR count). The van der Waals surface area contributed by atoms with Gasteiger partial charge in [-0.1, -0.05) is 18.2 Å². The Bertz CT molecular complexity index is 858. The molecule has 1 atom stereocenters. The minimum Gasteiger partial charge on any atom is -0.460 e. The lowest BCUT2D eigenvalue weighted by molar-refractivity contribution is -0.148. The molecule has 0 bridgehead atoms. The molecule has 0 spiro atoms. The molecule has 1 amide bonds. The number of carbonyl (C=O) groups is 2. The first-order valence-electron chi connectivity index (χ1n) is 7.32. The minimum atomic E-state index is -0.725. The first-order chi connectivity index (χ1) is 11.6. The Morgan fingerprint density at radius 1 is 1.33 bits per heavy atom. The van der Waals surface area contributed by atoms with Gasteiger partial charge in [0.2, 0.25) is 5.91 Å². The van der Waals surface area contributed by atoms with Gasteiger partial charge in [-0.3, -0.25) is 9.59 Å². The molecule has 1 aliphatic rings. The molecule has 0 fully saturated rings. The lowest BCUT2D eigenvalue weighted by Crippen LogP contribution is -2.28. The number of nitrogens with zero attached hydrogens (tertiary/aromatic N) is 1. The Morgan fingerprint density at radius 2 is 2.12 bits per heavy atom. The number of fused-ring (bicyclic) bond motifs is 1. The van der Waals surface area contributed by atoms with Gasteiger partial charge < -0.3 is 10.1 Å². The lowest BCUT2D eigenvalue weighted by atomic mass is 9.91. The van der Waals surface area contributed by atoms with Crippen molar-refractivity contribution in [3.63, 3.8) is 0 Å². The number of anilines is 1. The van der Waals surface area contributed by atoms with E-state index in [2.05, 4.69) is 5.32 Å². The molecular weight excluding hydrogens is 311 g/mol. The van der Waals surface area contributed by atoms with E-state index in [1.165, 1.54) is 12.1 Å². The van der Waals surface area contributed by atoms with Crippen LogP contribution in [0, 0.1) is 17.1 Å². The predicted octanol–water partition coefficient (Wildman–Crippen LogP) is 2.87. The Labute approximate surface area is 137 Å². The summed E-state index contributed by atoms with van der Waals surface area (Å²) in [4.78, 5) is 24.1. The molecule has 1 N–H and O–H groups in total. The molecule has 24 heavy (non-hydrogen) atoms. The maximum absolute atomic E-state index is 13.7. The molecule has 1 aliphatic heterocycles. The second kappa shape index (κ2) is 6.50. The quantitative estimate of drug-likeness (QED) is 0.881. The summed E-state index contributed by atoms with van der Waals surface area (Å²) < 4.78 is 18.9. The van der Waals surface area contributed by atoms with Crippen LogP contribution in [0.3, 0.4) is 0 Å². The highest BCUT2D eigenvalue weighted by atomic mass is 19.1. The second-order valence-electron chi connectivity index (χ2n) is 5.42. The number of hydrogen-bond donors (Lipinski definition) is 1. The van der Waals surface area contributed by atoms with Gasteiger partial charge >= 0.3 is 5.97 Å². The Morgan fingerprint density at radius 3 is 2.92 bits per heavy atom. The van der Waals surface area contributed by atoms with E-state index in [0.717, 1.165) is 6.07 Å². The van der Waals surface area contributed by atoms with Crippen molar-refractivity contribution in [2.24, 2.45) is 0 Å². The third-order valence-electron chi connectivity index (χ3n) is 3.83. The van der Waals surface area contributed by atoms with Gasteiger partial charge in [0.25, 0.3) is 0 Å². The van der Waals surface area contributed by atoms with E-state index >= 15 is 0 Å². The van der Waals surface area contributed by atoms with Crippen LogP contribution in [0.2, 0.25) is 0 Å². The fourth-order valence-electron chi connectivity index (χ4n) is 2.63. The summed E-state index contributed by atoms with van der Waals surface area (Å²) in [6.45, 7) is -0.291. The van der Waals surface area contributed by atoms with Crippen LogP contribution < -0.4 is 5.32 Å². The first kappa shape index (κ1) is 15.7. The molecule has 1 heterocycles. The first-order valence-corrected chi connectivity index (χ1v) is 7.32. The Hall–Kier alpha value is -3.20. The Kier molecular flexibility index (Phi) is 4.25. The van der Waals surface area contributed by atoms with Crippen molar-refractivity contribution in [3.05, 3.63) is 65.0 Å². The molecule has 0 aliphatic carbocycles. The number of amides is 1. The van der Waals surface area contributed by atoms with E-state index in [1.807, 2.05) is 6.07 Å². The number of nitrogens with one attached hydrogen (secondary N) is 1. The smallest absolute Gasteiger partial charge is 0.314 e. The summed E-state index contributed by atoms with van der Waals surface area (Å²) in [5, 5.41) is 11.5. The van der Waals surface area contributed by atoms with E-state index < -0.39 is 17.7 Å². The molecule has 5 nitrogen and oxygen atoms in total. The molecule has 0 aromatic heterocycles. The summed E-state index contributed by atoms with van der Waals surface area (Å²) in [6, 6.07) is 12.7. The maximum Gasteiger partial charge on any atom is 0.314 e. The highest BCUT2D eigenvalue weighted by molar-refractivity contribution is 5.99. The van der Waals surface area contributed by atoms with Crippen LogP contribution in [0.15, 0.2) is 42.5 Å². The monoisotopic (exact) mass is 324 g/mol. The number of ether oxygens (including phenoxy) is 1. The minimum absolute atomic E-state index is 0.0173. The number of halogens is 1. The topological polar surface area (TPSA) is 79.2 Å². The third-order valence-corrected chi connectivity index (χ3v) is 3.83. The number of benzene rings is 2. The van der Waals surface area contributed by atoms with Crippen LogP contribution in [-0.4, -0.2) is 11.9 Å². The zero-order chi connectivity index (χ0) is 17.1. The third kappa shape index (κ3) is 3.10. The number of carbonyl (C=O) groups excluding carboxylic acids is 2. The lowest BCUT2D eigenvalue weighted by Gasteiger charge is -2.24. The van der Waals surface area contributed by atoms with E-state index in [1.54, 1.807) is 24.3 Å². The van der Waals surface area contributed by atoms with E-state index in [9.17, 15) is 14.0 Å². The van der Waals surface area contributed by atoms with Gasteiger partial charge in [-0.05, 0) is 29.8 Å². The molecule has 2 aromatic carbocycles. The number of esters is 1. The maximum atomic E-state index is 13.7. The van der Waals surface area contributed by atoms with Crippen molar-refractivity contribution in [1.29, 1.82) is 5.26 Å². The zero-order valence-electron chi connectivity index (χ0n) is 12.6. The van der Waals surface area contributed by atoms with Gasteiger partial charge in [0.1, 0.15) is 12.4 Å². The number of hydrogen-bond acceptors (Lipinski definition) is 4. The number of rotatable bonds is 3. The fourth-order valence-corrected chi connectivity index (χ4v) is 2.63. The second-order valence-corrected chi connectivity index (χ2v) is 5.42. The van der Waals surface area contributed by atoms with Gasteiger partial charge in [-0.25, -0.2) is 4.39 Å². The molecule has 6 heteroatoms. The predicted molar refractivity (Wildman–Crippen MR) is 83.3 cm³/mol. The highest BCUT2D eigenvalue weighted by Crippen LogP contribution is 2.33. The van der Waals surface area contributed by atoms with Crippen LogP contribution in [0.5, 0.6) is 0 Å². The molecule has 0 radical (unpaired) electrons.